The van der Waals surface area contributed by atoms with E-state index < -0.39 is 35.3 Å². The number of anilines is 1. The van der Waals surface area contributed by atoms with Crippen LogP contribution in [0.5, 0.6) is 0 Å². The van der Waals surface area contributed by atoms with Crippen LogP contribution >= 0.6 is 0 Å². The van der Waals surface area contributed by atoms with Gasteiger partial charge in [-0.25, -0.2) is 22.8 Å². The summed E-state index contributed by atoms with van der Waals surface area (Å²) in [5, 5.41) is 27.3. The maximum Gasteiger partial charge on any atom is 0.324 e. The molecule has 2 atom stereocenters. The van der Waals surface area contributed by atoms with Gasteiger partial charge in [-0.2, -0.15) is 0 Å². The van der Waals surface area contributed by atoms with Crippen molar-refractivity contribution in [1.29, 1.82) is 0 Å². The zero-order chi connectivity index (χ0) is 29.1. The molecule has 2 amide bonds. The van der Waals surface area contributed by atoms with Gasteiger partial charge in [0.1, 0.15) is 30.1 Å². The summed E-state index contributed by atoms with van der Waals surface area (Å²) in [5.41, 5.74) is -0.884. The predicted octanol–water partition coefficient (Wildman–Crippen LogP) is 1.55. The first-order chi connectivity index (χ1) is 19.7. The zero-order valence-corrected chi connectivity index (χ0v) is 22.3. The van der Waals surface area contributed by atoms with E-state index in [-0.39, 0.29) is 31.8 Å². The Labute approximate surface area is 233 Å². The van der Waals surface area contributed by atoms with Crippen LogP contribution in [0, 0.1) is 11.6 Å². The Bertz CT molecular complexity index is 1530. The summed E-state index contributed by atoms with van der Waals surface area (Å²) in [6, 6.07) is 8.58. The van der Waals surface area contributed by atoms with Crippen LogP contribution in [0.3, 0.4) is 0 Å². The first-order valence-electron chi connectivity index (χ1n) is 12.9. The number of carbonyl (C=O) groups excluding carboxylic acids is 2. The van der Waals surface area contributed by atoms with Gasteiger partial charge in [0.15, 0.2) is 0 Å². The third-order valence-electron chi connectivity index (χ3n) is 7.07. The van der Waals surface area contributed by atoms with E-state index in [2.05, 4.69) is 20.6 Å². The van der Waals surface area contributed by atoms with E-state index in [0.717, 1.165) is 12.1 Å². The van der Waals surface area contributed by atoms with E-state index >= 15 is 4.39 Å². The predicted molar refractivity (Wildman–Crippen MR) is 137 cm³/mol. The molecule has 1 N–H and O–H groups in total. The first kappa shape index (κ1) is 27.8. The van der Waals surface area contributed by atoms with Crippen molar-refractivity contribution in [2.75, 3.05) is 18.0 Å². The second-order valence-electron chi connectivity index (χ2n) is 9.58. The van der Waals surface area contributed by atoms with Crippen molar-refractivity contribution in [3.63, 3.8) is 0 Å². The average Bonchev–Trinajstić information content (AvgIpc) is 3.73. The smallest absolute Gasteiger partial charge is 0.324 e. The van der Waals surface area contributed by atoms with Crippen LogP contribution in [-0.2, 0) is 28.4 Å². The fourth-order valence-corrected chi connectivity index (χ4v) is 4.77. The molecule has 214 valence electrons. The number of hydrogen-bond acceptors (Lipinski definition) is 8. The Hall–Kier alpha value is -4.79. The molecule has 41 heavy (non-hydrogen) atoms. The molecule has 0 saturated carbocycles. The van der Waals surface area contributed by atoms with Crippen molar-refractivity contribution in [2.24, 2.45) is 0 Å². The molecule has 4 aromatic rings. The molecule has 13 nitrogen and oxygen atoms in total. The number of carbonyl (C=O) groups is 2. The van der Waals surface area contributed by atoms with Gasteiger partial charge in [0, 0.05) is 41.9 Å². The highest BCUT2D eigenvalue weighted by Gasteiger charge is 2.47. The average molecular weight is 569 g/mol. The maximum atomic E-state index is 15.1. The lowest BCUT2D eigenvalue weighted by Gasteiger charge is -2.38. The molecule has 2 aromatic carbocycles. The Balaban J connectivity index is 1.40. The monoisotopic (exact) mass is 568 g/mol. The van der Waals surface area contributed by atoms with Crippen molar-refractivity contribution in [1.82, 2.24) is 34.9 Å². The van der Waals surface area contributed by atoms with Crippen LogP contribution in [0.2, 0.25) is 0 Å². The third-order valence-corrected chi connectivity index (χ3v) is 7.07. The number of hydrogen-bond donors (Lipinski definition) is 1. The van der Waals surface area contributed by atoms with Gasteiger partial charge in [-0.05, 0) is 47.7 Å². The van der Waals surface area contributed by atoms with E-state index in [0.29, 0.717) is 24.0 Å². The van der Waals surface area contributed by atoms with Gasteiger partial charge < -0.3 is 14.7 Å². The van der Waals surface area contributed by atoms with E-state index in [1.165, 1.54) is 37.8 Å². The lowest BCUT2D eigenvalue weighted by atomic mass is 9.85. The molecular formula is C26H28F2N9O4+. The number of tetrazole rings is 1. The Morgan fingerprint density at radius 2 is 1.93 bits per heavy atom. The molecule has 3 heterocycles. The molecule has 0 bridgehead atoms. The minimum atomic E-state index is -2.02. The van der Waals surface area contributed by atoms with Crippen molar-refractivity contribution in [3.8, 4) is 5.69 Å². The van der Waals surface area contributed by atoms with Crippen molar-refractivity contribution in [3.05, 3.63) is 78.6 Å². The molecule has 1 fully saturated rings. The fourth-order valence-electron chi connectivity index (χ4n) is 4.77. The molecule has 15 heteroatoms. The number of amides is 2. The lowest BCUT2D eigenvalue weighted by molar-refractivity contribution is -0.728. The summed E-state index contributed by atoms with van der Waals surface area (Å²) in [7, 11) is 0. The van der Waals surface area contributed by atoms with Crippen molar-refractivity contribution < 1.29 is 32.8 Å². The number of rotatable bonds is 10. The molecule has 1 aliphatic rings. The first-order valence-corrected chi connectivity index (χ1v) is 12.9. The van der Waals surface area contributed by atoms with Crippen LogP contribution in [0.15, 0.2) is 61.4 Å². The number of urea groups is 1. The molecule has 5 rings (SSSR count). The highest BCUT2D eigenvalue weighted by Crippen LogP contribution is 2.35. The molecule has 1 aliphatic heterocycles. The van der Waals surface area contributed by atoms with Gasteiger partial charge in [0.2, 0.25) is 13.1 Å². The van der Waals surface area contributed by atoms with Crippen LogP contribution in [0.4, 0.5) is 19.3 Å². The number of ether oxygens (including phenoxy) is 1. The summed E-state index contributed by atoms with van der Waals surface area (Å²) in [4.78, 5) is 28.1. The second kappa shape index (κ2) is 11.4. The molecular weight excluding hydrogens is 540 g/mol. The number of aliphatic hydroxyl groups is 1. The Morgan fingerprint density at radius 1 is 1.17 bits per heavy atom. The van der Waals surface area contributed by atoms with E-state index in [4.69, 9.17) is 4.74 Å². The normalized spacial score (nSPS) is 15.7. The fraction of sp³-hybridized carbons (Fsp3) is 0.346. The quantitative estimate of drug-likeness (QED) is 0.225. The Kier molecular flexibility index (Phi) is 7.70. The molecule has 0 spiro atoms. The second-order valence-corrected chi connectivity index (χ2v) is 9.58. The maximum absolute atomic E-state index is 15.1. The summed E-state index contributed by atoms with van der Waals surface area (Å²) in [6.07, 6.45) is 4.52. The molecule has 1 saturated heterocycles. The van der Waals surface area contributed by atoms with Crippen LogP contribution in [0.1, 0.15) is 25.8 Å². The topological polar surface area (TPSA) is 135 Å². The van der Waals surface area contributed by atoms with Crippen LogP contribution < -0.4 is 9.47 Å². The zero-order valence-electron chi connectivity index (χ0n) is 22.3. The van der Waals surface area contributed by atoms with E-state index in [9.17, 15) is 19.1 Å². The highest BCUT2D eigenvalue weighted by molar-refractivity contribution is 5.94. The standard InChI is InChI=1S/C26H28F2N9O4/c1-3-24(38)41-17-33-15-30-34(16-33)13-26(40,22-9-4-19(27)12-23(22)28)18(2)35-10-11-36(25(35)39)20-5-7-21(8-6-20)37-14-29-31-32-37/h4-9,12,14-16,18,40H,3,10-11,13,17H2,1-2H3/q+1/t18-,26-/m1/s1. The SMILES string of the molecule is CCC(=O)OC[n+]1cnn(C[C@](O)(c2ccc(F)cc2F)[C@@H](C)N2CCN(c3ccc(-n4cnnn4)cc3)C2=O)c1. The van der Waals surface area contributed by atoms with Gasteiger partial charge >= 0.3 is 12.0 Å². The number of benzene rings is 2. The number of aromatic nitrogens is 7. The van der Waals surface area contributed by atoms with Crippen LogP contribution in [-0.4, -0.2) is 71.1 Å². The molecule has 0 aliphatic carbocycles. The number of halogens is 2. The van der Waals surface area contributed by atoms with Crippen molar-refractivity contribution >= 4 is 17.7 Å². The van der Waals surface area contributed by atoms with E-state index in [1.807, 2.05) is 0 Å². The third kappa shape index (κ3) is 5.61. The largest absolute Gasteiger partial charge is 0.431 e. The van der Waals surface area contributed by atoms with Gasteiger partial charge in [-0.1, -0.05) is 13.0 Å². The Morgan fingerprint density at radius 3 is 2.61 bits per heavy atom. The van der Waals surface area contributed by atoms with Gasteiger partial charge in [0.05, 0.1) is 11.7 Å². The van der Waals surface area contributed by atoms with Crippen LogP contribution in [0.25, 0.3) is 5.69 Å². The van der Waals surface area contributed by atoms with Gasteiger partial charge in [0.25, 0.3) is 6.33 Å². The molecule has 0 radical (unpaired) electrons. The van der Waals surface area contributed by atoms with Gasteiger partial charge in [-0.3, -0.25) is 9.69 Å². The molecule has 0 unspecified atom stereocenters. The summed E-state index contributed by atoms with van der Waals surface area (Å²) < 4.78 is 38.3. The van der Waals surface area contributed by atoms with Crippen molar-refractivity contribution in [2.45, 2.75) is 45.2 Å². The summed E-state index contributed by atoms with van der Waals surface area (Å²) >= 11 is 0. The highest BCUT2D eigenvalue weighted by atomic mass is 19.1. The van der Waals surface area contributed by atoms with Gasteiger partial charge in [-0.15, -0.1) is 9.78 Å². The minimum Gasteiger partial charge on any atom is -0.431 e. The van der Waals surface area contributed by atoms with E-state index in [1.54, 1.807) is 43.0 Å². The number of esters is 1. The summed E-state index contributed by atoms with van der Waals surface area (Å²) in [5.74, 6) is -2.16. The number of nitrogens with zero attached hydrogens (tertiary/aromatic N) is 9. The summed E-state index contributed by atoms with van der Waals surface area (Å²) in [6.45, 7) is 3.45. The lowest BCUT2D eigenvalue weighted by Crippen LogP contribution is -2.53. The molecule has 2 aromatic heterocycles. The minimum absolute atomic E-state index is 0.0999.